The Hall–Kier alpha value is -2.43. The molecule has 5 nitrogen and oxygen atoms in total. The van der Waals surface area contributed by atoms with E-state index < -0.39 is 0 Å². The van der Waals surface area contributed by atoms with Gasteiger partial charge in [0.2, 0.25) is 5.78 Å². The van der Waals surface area contributed by atoms with Gasteiger partial charge < -0.3 is 4.42 Å². The van der Waals surface area contributed by atoms with Crippen LogP contribution in [0.3, 0.4) is 0 Å². The van der Waals surface area contributed by atoms with Crippen molar-refractivity contribution in [2.45, 2.75) is 27.3 Å². The lowest BCUT2D eigenvalue weighted by molar-refractivity contribution is 0.101. The molecule has 0 saturated carbocycles. The molecule has 0 fully saturated rings. The summed E-state index contributed by atoms with van der Waals surface area (Å²) in [5.74, 6) is 0.130. The molecule has 2 rings (SSSR count). The number of aryl methyl sites for hydroxylation is 3. The molecule has 2 aromatic rings. The van der Waals surface area contributed by atoms with Crippen molar-refractivity contribution in [3.05, 3.63) is 57.4 Å². The maximum Gasteiger partial charge on any atom is 0.221 e. The summed E-state index contributed by atoms with van der Waals surface area (Å²) in [7, 11) is 0. The molecule has 2 heterocycles. The van der Waals surface area contributed by atoms with Gasteiger partial charge in [-0.2, -0.15) is 5.10 Å². The quantitative estimate of drug-likeness (QED) is 0.633. The van der Waals surface area contributed by atoms with Crippen molar-refractivity contribution in [1.29, 1.82) is 0 Å². The lowest BCUT2D eigenvalue weighted by Crippen LogP contribution is -2.04. The van der Waals surface area contributed by atoms with E-state index >= 15 is 0 Å². The highest BCUT2D eigenvalue weighted by Crippen LogP contribution is 2.09. The standard InChI is InChI=1S/C15H16N2O3/c1-4-17-9-12(11(3)16-17)5-6-14(19)15-8-13(18)7-10(2)20-15/h5-9H,4H2,1-3H3/b6-5+. The van der Waals surface area contributed by atoms with Gasteiger partial charge in [-0.1, -0.05) is 0 Å². The number of ketones is 1. The minimum Gasteiger partial charge on any atom is -0.458 e. The van der Waals surface area contributed by atoms with Gasteiger partial charge in [0.25, 0.3) is 0 Å². The van der Waals surface area contributed by atoms with E-state index in [1.165, 1.54) is 18.2 Å². The molecule has 0 radical (unpaired) electrons. The van der Waals surface area contributed by atoms with Crippen LogP contribution in [0.4, 0.5) is 0 Å². The monoisotopic (exact) mass is 272 g/mol. The summed E-state index contributed by atoms with van der Waals surface area (Å²) in [4.78, 5) is 23.3. The zero-order valence-corrected chi connectivity index (χ0v) is 11.7. The second kappa shape index (κ2) is 5.69. The molecule has 0 amide bonds. The number of hydrogen-bond acceptors (Lipinski definition) is 4. The number of carbonyl (C=O) groups excluding carboxylic acids is 1. The number of hydrogen-bond donors (Lipinski definition) is 0. The Balaban J connectivity index is 2.24. The highest BCUT2D eigenvalue weighted by molar-refractivity contribution is 6.04. The van der Waals surface area contributed by atoms with Gasteiger partial charge in [0.15, 0.2) is 11.2 Å². The normalized spacial score (nSPS) is 11.2. The van der Waals surface area contributed by atoms with Gasteiger partial charge in [-0.15, -0.1) is 0 Å². The maximum atomic E-state index is 12.0. The third-order valence-electron chi connectivity index (χ3n) is 2.86. The summed E-state index contributed by atoms with van der Waals surface area (Å²) >= 11 is 0. The van der Waals surface area contributed by atoms with Crippen LogP contribution in [-0.4, -0.2) is 15.6 Å². The van der Waals surface area contributed by atoms with Crippen LogP contribution in [0.2, 0.25) is 0 Å². The first kappa shape index (κ1) is 14.0. The highest BCUT2D eigenvalue weighted by atomic mass is 16.3. The summed E-state index contributed by atoms with van der Waals surface area (Å²) < 4.78 is 7.04. The molecule has 2 aromatic heterocycles. The van der Waals surface area contributed by atoms with Crippen molar-refractivity contribution in [3.63, 3.8) is 0 Å². The van der Waals surface area contributed by atoms with Gasteiger partial charge in [-0.3, -0.25) is 14.3 Å². The molecule has 20 heavy (non-hydrogen) atoms. The van der Waals surface area contributed by atoms with Gasteiger partial charge >= 0.3 is 0 Å². The molecule has 0 aliphatic carbocycles. The molecular weight excluding hydrogens is 256 g/mol. The van der Waals surface area contributed by atoms with E-state index in [1.807, 2.05) is 20.0 Å². The van der Waals surface area contributed by atoms with Gasteiger partial charge in [-0.25, -0.2) is 0 Å². The van der Waals surface area contributed by atoms with Gasteiger partial charge in [0.05, 0.1) is 5.69 Å². The van der Waals surface area contributed by atoms with Crippen LogP contribution < -0.4 is 5.43 Å². The van der Waals surface area contributed by atoms with Crippen molar-refractivity contribution in [2.24, 2.45) is 0 Å². The molecule has 0 unspecified atom stereocenters. The van der Waals surface area contributed by atoms with Crippen molar-refractivity contribution in [3.8, 4) is 0 Å². The second-order valence-corrected chi connectivity index (χ2v) is 4.49. The zero-order chi connectivity index (χ0) is 14.7. The molecule has 0 bridgehead atoms. The summed E-state index contributed by atoms with van der Waals surface area (Å²) in [6, 6.07) is 2.54. The Bertz CT molecular complexity index is 723. The van der Waals surface area contributed by atoms with Crippen LogP contribution in [0.1, 0.15) is 34.5 Å². The Labute approximate surface area is 116 Å². The largest absolute Gasteiger partial charge is 0.458 e. The Morgan fingerprint density at radius 2 is 2.15 bits per heavy atom. The lowest BCUT2D eigenvalue weighted by atomic mass is 10.2. The van der Waals surface area contributed by atoms with E-state index in [0.717, 1.165) is 17.8 Å². The van der Waals surface area contributed by atoms with Crippen LogP contribution in [-0.2, 0) is 6.54 Å². The van der Waals surface area contributed by atoms with Crippen molar-refractivity contribution in [1.82, 2.24) is 9.78 Å². The number of aromatic nitrogens is 2. The van der Waals surface area contributed by atoms with E-state index in [2.05, 4.69) is 5.10 Å². The smallest absolute Gasteiger partial charge is 0.221 e. The zero-order valence-electron chi connectivity index (χ0n) is 11.7. The van der Waals surface area contributed by atoms with Gasteiger partial charge in [-0.05, 0) is 32.9 Å². The SMILES string of the molecule is CCn1cc(/C=C/C(=O)c2cc(=O)cc(C)o2)c(C)n1. The molecule has 0 spiro atoms. The van der Waals surface area contributed by atoms with Crippen LogP contribution in [0, 0.1) is 13.8 Å². The maximum absolute atomic E-state index is 12.0. The lowest BCUT2D eigenvalue weighted by Gasteiger charge is -1.96. The molecule has 0 atom stereocenters. The molecule has 0 N–H and O–H groups in total. The first-order chi connectivity index (χ1) is 9.49. The minimum atomic E-state index is -0.338. The molecule has 0 aromatic carbocycles. The summed E-state index contributed by atoms with van der Waals surface area (Å²) in [6.07, 6.45) is 4.94. The van der Waals surface area contributed by atoms with Crippen LogP contribution in [0.5, 0.6) is 0 Å². The van der Waals surface area contributed by atoms with Crippen LogP contribution >= 0.6 is 0 Å². The third kappa shape index (κ3) is 3.12. The topological polar surface area (TPSA) is 65.1 Å². The van der Waals surface area contributed by atoms with Gasteiger partial charge in [0, 0.05) is 30.4 Å². The predicted molar refractivity (Wildman–Crippen MR) is 75.7 cm³/mol. The van der Waals surface area contributed by atoms with Gasteiger partial charge in [0.1, 0.15) is 5.76 Å². The average molecular weight is 272 g/mol. The highest BCUT2D eigenvalue weighted by Gasteiger charge is 2.07. The Kier molecular flexibility index (Phi) is 3.98. The number of rotatable bonds is 4. The van der Waals surface area contributed by atoms with Crippen LogP contribution in [0.25, 0.3) is 6.08 Å². The summed E-state index contributed by atoms with van der Waals surface area (Å²) in [5.41, 5.74) is 1.48. The summed E-state index contributed by atoms with van der Waals surface area (Å²) in [5, 5.41) is 4.29. The Morgan fingerprint density at radius 1 is 1.40 bits per heavy atom. The fraction of sp³-hybridized carbons (Fsp3) is 0.267. The molecule has 5 heteroatoms. The van der Waals surface area contributed by atoms with E-state index in [1.54, 1.807) is 17.7 Å². The number of allylic oxidation sites excluding steroid dienone is 1. The number of carbonyl (C=O) groups is 1. The molecule has 0 aliphatic rings. The second-order valence-electron chi connectivity index (χ2n) is 4.49. The molecular formula is C15H16N2O3. The average Bonchev–Trinajstić information content (AvgIpc) is 2.75. The predicted octanol–water partition coefficient (Wildman–Crippen LogP) is 2.37. The number of nitrogens with zero attached hydrogens (tertiary/aromatic N) is 2. The van der Waals surface area contributed by atoms with Crippen LogP contribution in [0.15, 0.2) is 33.6 Å². The third-order valence-corrected chi connectivity index (χ3v) is 2.86. The fourth-order valence-corrected chi connectivity index (χ4v) is 1.83. The van der Waals surface area contributed by atoms with Crippen molar-refractivity contribution >= 4 is 11.9 Å². The first-order valence-corrected chi connectivity index (χ1v) is 6.38. The Morgan fingerprint density at radius 3 is 2.75 bits per heavy atom. The minimum absolute atomic E-state index is 0.0480. The molecule has 0 saturated heterocycles. The van der Waals surface area contributed by atoms with Crippen molar-refractivity contribution in [2.75, 3.05) is 0 Å². The molecule has 104 valence electrons. The van der Waals surface area contributed by atoms with E-state index in [4.69, 9.17) is 4.42 Å². The van der Waals surface area contributed by atoms with E-state index in [-0.39, 0.29) is 17.0 Å². The van der Waals surface area contributed by atoms with E-state index in [0.29, 0.717) is 5.76 Å². The molecule has 0 aliphatic heterocycles. The fourth-order valence-electron chi connectivity index (χ4n) is 1.83. The summed E-state index contributed by atoms with van der Waals surface area (Å²) in [6.45, 7) is 6.28. The van der Waals surface area contributed by atoms with E-state index in [9.17, 15) is 9.59 Å². The first-order valence-electron chi connectivity index (χ1n) is 6.38. The van der Waals surface area contributed by atoms with Crippen molar-refractivity contribution < 1.29 is 9.21 Å².